The van der Waals surface area contributed by atoms with E-state index in [2.05, 4.69) is 4.99 Å². The normalized spacial score (nSPS) is 25.4. The summed E-state index contributed by atoms with van der Waals surface area (Å²) in [6.45, 7) is 0. The molecule has 0 saturated carbocycles. The van der Waals surface area contributed by atoms with Crippen LogP contribution in [0, 0.1) is 0 Å². The minimum Gasteiger partial charge on any atom is -0.316 e. The Bertz CT molecular complexity index is 975. The molecule has 2 aromatic rings. The molecule has 2 atom stereocenters. The molecule has 26 heavy (non-hydrogen) atoms. The van der Waals surface area contributed by atoms with E-state index in [1.807, 2.05) is 23.1 Å². The highest BCUT2D eigenvalue weighted by molar-refractivity contribution is 8.16. The molecule has 0 bridgehead atoms. The Morgan fingerprint density at radius 1 is 1.08 bits per heavy atom. The van der Waals surface area contributed by atoms with Gasteiger partial charge in [-0.1, -0.05) is 41.6 Å². The lowest BCUT2D eigenvalue weighted by Crippen LogP contribution is -2.37. The van der Waals surface area contributed by atoms with Crippen molar-refractivity contribution in [1.29, 1.82) is 0 Å². The van der Waals surface area contributed by atoms with E-state index in [1.54, 1.807) is 36.4 Å². The summed E-state index contributed by atoms with van der Waals surface area (Å²) >= 11 is 7.33. The van der Waals surface area contributed by atoms with Gasteiger partial charge in [0.25, 0.3) is 5.91 Å². The molecule has 4 rings (SSSR count). The van der Waals surface area contributed by atoms with Crippen LogP contribution < -0.4 is 4.90 Å². The first-order chi connectivity index (χ1) is 12.4. The van der Waals surface area contributed by atoms with Crippen LogP contribution in [0.25, 0.3) is 0 Å². The Morgan fingerprint density at radius 2 is 1.77 bits per heavy atom. The number of amidine groups is 1. The fraction of sp³-hybridized carbons (Fsp3) is 0.222. The predicted octanol–water partition coefficient (Wildman–Crippen LogP) is 3.26. The maximum atomic E-state index is 12.5. The van der Waals surface area contributed by atoms with Crippen LogP contribution >= 0.6 is 23.4 Å². The number of hydrogen-bond acceptors (Lipinski definition) is 4. The van der Waals surface area contributed by atoms with Crippen LogP contribution in [0.5, 0.6) is 0 Å². The lowest BCUT2D eigenvalue weighted by molar-refractivity contribution is 0.100. The maximum Gasteiger partial charge on any atom is 0.279 e. The SMILES string of the molecule is O=C(N=C1S[C@@H]2CS(=O)(=O)C[C@@H]2N1c1ccc(Cl)cc1)c1ccccc1. The molecular formula is C18H15ClN2O3S2. The summed E-state index contributed by atoms with van der Waals surface area (Å²) in [7, 11) is -3.09. The Balaban J connectivity index is 1.72. The van der Waals surface area contributed by atoms with E-state index in [4.69, 9.17) is 11.6 Å². The molecule has 134 valence electrons. The average Bonchev–Trinajstić information content (AvgIpc) is 3.07. The zero-order chi connectivity index (χ0) is 18.3. The molecule has 8 heteroatoms. The summed E-state index contributed by atoms with van der Waals surface area (Å²) in [6.07, 6.45) is 0. The number of hydrogen-bond donors (Lipinski definition) is 0. The third-order valence-electron chi connectivity index (χ3n) is 4.39. The first-order valence-corrected chi connectivity index (χ1v) is 11.1. The lowest BCUT2D eigenvalue weighted by atomic mass is 10.2. The molecule has 0 radical (unpaired) electrons. The Kier molecular flexibility index (Phi) is 4.54. The number of aliphatic imine (C=N–C) groups is 1. The van der Waals surface area contributed by atoms with Crippen LogP contribution in [0.1, 0.15) is 10.4 Å². The summed E-state index contributed by atoms with van der Waals surface area (Å²) in [5.74, 6) is -0.175. The Hall–Kier alpha value is -1.83. The minimum absolute atomic E-state index is 0.0613. The molecule has 2 saturated heterocycles. The number of carbonyl (C=O) groups excluding carboxylic acids is 1. The molecular weight excluding hydrogens is 392 g/mol. The van der Waals surface area contributed by atoms with E-state index in [1.165, 1.54) is 11.8 Å². The van der Waals surface area contributed by atoms with Crippen LogP contribution in [0.4, 0.5) is 5.69 Å². The van der Waals surface area contributed by atoms with Gasteiger partial charge in [-0.05, 0) is 36.4 Å². The fourth-order valence-electron chi connectivity index (χ4n) is 3.20. The van der Waals surface area contributed by atoms with Gasteiger partial charge in [0.15, 0.2) is 15.0 Å². The molecule has 0 unspecified atom stereocenters. The molecule has 0 aromatic heterocycles. The number of anilines is 1. The van der Waals surface area contributed by atoms with Crippen LogP contribution in [-0.4, -0.2) is 42.3 Å². The third-order valence-corrected chi connectivity index (χ3v) is 7.85. The number of thioether (sulfide) groups is 1. The summed E-state index contributed by atoms with van der Waals surface area (Å²) in [4.78, 5) is 18.7. The van der Waals surface area contributed by atoms with Crippen molar-refractivity contribution < 1.29 is 13.2 Å². The number of rotatable bonds is 2. The van der Waals surface area contributed by atoms with Gasteiger partial charge < -0.3 is 4.90 Å². The van der Waals surface area contributed by atoms with E-state index in [9.17, 15) is 13.2 Å². The fourth-order valence-corrected chi connectivity index (χ4v) is 7.24. The van der Waals surface area contributed by atoms with Crippen LogP contribution in [0.2, 0.25) is 5.02 Å². The van der Waals surface area contributed by atoms with Crippen molar-refractivity contribution in [1.82, 2.24) is 0 Å². The van der Waals surface area contributed by atoms with Gasteiger partial charge in [-0.3, -0.25) is 4.79 Å². The van der Waals surface area contributed by atoms with Gasteiger partial charge in [0.1, 0.15) is 0 Å². The van der Waals surface area contributed by atoms with Crippen LogP contribution in [0.3, 0.4) is 0 Å². The standard InChI is InChI=1S/C18H15ClN2O3S2/c19-13-6-8-14(9-7-13)21-15-10-26(23,24)11-16(15)25-18(21)20-17(22)12-4-2-1-3-5-12/h1-9,15-16H,10-11H2/t15-,16+/m0/s1. The Morgan fingerprint density at radius 3 is 2.46 bits per heavy atom. The van der Waals surface area contributed by atoms with Gasteiger partial charge in [-0.25, -0.2) is 8.42 Å². The quantitative estimate of drug-likeness (QED) is 0.765. The smallest absolute Gasteiger partial charge is 0.279 e. The summed E-state index contributed by atoms with van der Waals surface area (Å²) in [5, 5.41) is 0.999. The van der Waals surface area contributed by atoms with Gasteiger partial charge in [0, 0.05) is 21.5 Å². The summed E-state index contributed by atoms with van der Waals surface area (Å²) < 4.78 is 24.1. The van der Waals surface area contributed by atoms with Crippen molar-refractivity contribution in [3.63, 3.8) is 0 Å². The van der Waals surface area contributed by atoms with Crippen molar-refractivity contribution in [3.05, 3.63) is 65.2 Å². The molecule has 2 fully saturated rings. The molecule has 2 aromatic carbocycles. The van der Waals surface area contributed by atoms with Crippen molar-refractivity contribution >= 4 is 50.0 Å². The Labute approximate surface area is 161 Å². The number of sulfone groups is 1. The van der Waals surface area contributed by atoms with Gasteiger partial charge in [-0.2, -0.15) is 4.99 Å². The van der Waals surface area contributed by atoms with E-state index in [-0.39, 0.29) is 28.7 Å². The largest absolute Gasteiger partial charge is 0.316 e. The maximum absolute atomic E-state index is 12.5. The second-order valence-corrected chi connectivity index (χ2v) is 10.0. The summed E-state index contributed by atoms with van der Waals surface area (Å²) in [5.41, 5.74) is 1.28. The van der Waals surface area contributed by atoms with Crippen LogP contribution in [0.15, 0.2) is 59.6 Å². The minimum atomic E-state index is -3.09. The van der Waals surface area contributed by atoms with Crippen molar-refractivity contribution in [2.24, 2.45) is 4.99 Å². The van der Waals surface area contributed by atoms with Crippen LogP contribution in [-0.2, 0) is 9.84 Å². The number of amides is 1. The van der Waals surface area contributed by atoms with E-state index in [0.29, 0.717) is 15.8 Å². The number of benzene rings is 2. The second-order valence-electron chi connectivity index (χ2n) is 6.21. The first kappa shape index (κ1) is 17.6. The van der Waals surface area contributed by atoms with E-state index in [0.717, 1.165) is 5.69 Å². The third kappa shape index (κ3) is 3.39. The van der Waals surface area contributed by atoms with Crippen molar-refractivity contribution in [2.45, 2.75) is 11.3 Å². The molecule has 2 aliphatic heterocycles. The number of nitrogens with zero attached hydrogens (tertiary/aromatic N) is 2. The predicted molar refractivity (Wildman–Crippen MR) is 106 cm³/mol. The molecule has 2 aliphatic rings. The molecule has 2 heterocycles. The topological polar surface area (TPSA) is 66.8 Å². The molecule has 0 spiro atoms. The summed E-state index contributed by atoms with van der Waals surface area (Å²) in [6, 6.07) is 15.7. The lowest BCUT2D eigenvalue weighted by Gasteiger charge is -2.24. The molecule has 0 N–H and O–H groups in total. The van der Waals surface area contributed by atoms with Gasteiger partial charge >= 0.3 is 0 Å². The molecule has 0 aliphatic carbocycles. The monoisotopic (exact) mass is 406 g/mol. The van der Waals surface area contributed by atoms with Gasteiger partial charge in [-0.15, -0.1) is 0 Å². The zero-order valence-corrected chi connectivity index (χ0v) is 16.0. The first-order valence-electron chi connectivity index (χ1n) is 8.03. The van der Waals surface area contributed by atoms with E-state index >= 15 is 0 Å². The number of carbonyl (C=O) groups is 1. The zero-order valence-electron chi connectivity index (χ0n) is 13.6. The van der Waals surface area contributed by atoms with Gasteiger partial charge in [0.2, 0.25) is 0 Å². The highest BCUT2D eigenvalue weighted by Gasteiger charge is 2.49. The van der Waals surface area contributed by atoms with Gasteiger partial charge in [0.05, 0.1) is 17.5 Å². The van der Waals surface area contributed by atoms with Crippen molar-refractivity contribution in [2.75, 3.05) is 16.4 Å². The number of fused-ring (bicyclic) bond motifs is 1. The number of halogens is 1. The highest BCUT2D eigenvalue weighted by Crippen LogP contribution is 2.41. The van der Waals surface area contributed by atoms with Crippen molar-refractivity contribution in [3.8, 4) is 0 Å². The van der Waals surface area contributed by atoms with E-state index < -0.39 is 9.84 Å². The second kappa shape index (κ2) is 6.72. The highest BCUT2D eigenvalue weighted by atomic mass is 35.5. The molecule has 1 amide bonds. The molecule has 5 nitrogen and oxygen atoms in total. The average molecular weight is 407 g/mol.